The van der Waals surface area contributed by atoms with Crippen LogP contribution in [0.25, 0.3) is 22.3 Å². The van der Waals surface area contributed by atoms with Crippen molar-refractivity contribution in [3.05, 3.63) is 72.2 Å². The molecule has 142 valence electrons. The van der Waals surface area contributed by atoms with Gasteiger partial charge >= 0.3 is 0 Å². The van der Waals surface area contributed by atoms with Gasteiger partial charge in [-0.15, -0.1) is 0 Å². The summed E-state index contributed by atoms with van der Waals surface area (Å²) in [5.41, 5.74) is 4.13. The van der Waals surface area contributed by atoms with Crippen LogP contribution in [0.2, 0.25) is 0 Å². The summed E-state index contributed by atoms with van der Waals surface area (Å²) in [6.07, 6.45) is 0. The van der Waals surface area contributed by atoms with Gasteiger partial charge in [-0.2, -0.15) is 5.10 Å². The first-order valence-electron chi connectivity index (χ1n) is 9.38. The maximum absolute atomic E-state index is 13.0. The first kappa shape index (κ1) is 18.0. The minimum absolute atomic E-state index is 0.170. The van der Waals surface area contributed by atoms with Crippen molar-refractivity contribution in [3.8, 4) is 11.3 Å². The Labute approximate surface area is 163 Å². The van der Waals surface area contributed by atoms with E-state index in [2.05, 4.69) is 34.2 Å². The molecule has 0 bridgehead atoms. The topological polar surface area (TPSA) is 75.6 Å². The van der Waals surface area contributed by atoms with E-state index in [4.69, 9.17) is 0 Å². The van der Waals surface area contributed by atoms with Gasteiger partial charge in [-0.25, -0.2) is 4.98 Å². The van der Waals surface area contributed by atoms with Crippen LogP contribution in [0.5, 0.6) is 0 Å². The number of aryl methyl sites for hydroxylation is 1. The molecule has 2 N–H and O–H groups in total. The number of hydrogen-bond donors (Lipinski definition) is 2. The number of imidazole rings is 1. The summed E-state index contributed by atoms with van der Waals surface area (Å²) < 4.78 is 1.62. The largest absolute Gasteiger partial charge is 0.341 e. The summed E-state index contributed by atoms with van der Waals surface area (Å²) in [4.78, 5) is 21.0. The van der Waals surface area contributed by atoms with Crippen LogP contribution < -0.4 is 5.32 Å². The first-order chi connectivity index (χ1) is 13.5. The SMILES string of the molecule is CC(C)C(NC(=O)c1cc(-c2ccccc2)nn1C)c1nc2ccccc2[nH]1. The van der Waals surface area contributed by atoms with Gasteiger partial charge in [0.2, 0.25) is 0 Å². The number of aromatic amines is 1. The smallest absolute Gasteiger partial charge is 0.270 e. The number of hydrogen-bond acceptors (Lipinski definition) is 3. The molecular formula is C22H23N5O. The molecule has 0 aliphatic heterocycles. The van der Waals surface area contributed by atoms with E-state index in [0.717, 1.165) is 28.1 Å². The lowest BCUT2D eigenvalue weighted by molar-refractivity contribution is 0.0913. The van der Waals surface area contributed by atoms with Crippen LogP contribution in [0, 0.1) is 5.92 Å². The van der Waals surface area contributed by atoms with E-state index in [9.17, 15) is 4.79 Å². The van der Waals surface area contributed by atoms with E-state index >= 15 is 0 Å². The van der Waals surface area contributed by atoms with Crippen molar-refractivity contribution in [2.75, 3.05) is 0 Å². The lowest BCUT2D eigenvalue weighted by Gasteiger charge is -2.20. The molecule has 4 aromatic rings. The van der Waals surface area contributed by atoms with Gasteiger partial charge in [-0.1, -0.05) is 56.3 Å². The van der Waals surface area contributed by atoms with Gasteiger partial charge in [0.25, 0.3) is 5.91 Å². The first-order valence-corrected chi connectivity index (χ1v) is 9.38. The molecule has 0 aliphatic rings. The normalized spacial score (nSPS) is 12.4. The fourth-order valence-electron chi connectivity index (χ4n) is 3.32. The Hall–Kier alpha value is -3.41. The Kier molecular flexibility index (Phi) is 4.69. The number of H-pyrrole nitrogens is 1. The van der Waals surface area contributed by atoms with Crippen LogP contribution in [0.4, 0.5) is 0 Å². The quantitative estimate of drug-likeness (QED) is 0.553. The fourth-order valence-corrected chi connectivity index (χ4v) is 3.32. The van der Waals surface area contributed by atoms with Gasteiger partial charge in [0.15, 0.2) is 0 Å². The minimum atomic E-state index is -0.227. The predicted octanol–water partition coefficient (Wildman–Crippen LogP) is 4.09. The maximum atomic E-state index is 13.0. The second kappa shape index (κ2) is 7.31. The van der Waals surface area contributed by atoms with Gasteiger partial charge in [-0.3, -0.25) is 9.48 Å². The molecule has 1 atom stereocenters. The molecule has 0 aliphatic carbocycles. The van der Waals surface area contributed by atoms with E-state index in [1.54, 1.807) is 11.7 Å². The molecule has 1 unspecified atom stereocenters. The number of amides is 1. The average Bonchev–Trinajstić information content (AvgIpc) is 3.29. The number of carbonyl (C=O) groups is 1. The molecule has 4 rings (SSSR count). The number of nitrogens with one attached hydrogen (secondary N) is 2. The minimum Gasteiger partial charge on any atom is -0.341 e. The number of para-hydroxylation sites is 2. The number of rotatable bonds is 5. The standard InChI is InChI=1S/C22H23N5O/c1-14(2)20(21-23-16-11-7-8-12-17(16)24-21)25-22(28)19-13-18(26-27(19)3)15-9-5-4-6-10-15/h4-14,20H,1-3H3,(H,23,24)(H,25,28). The van der Waals surface area contributed by atoms with Gasteiger partial charge in [0, 0.05) is 12.6 Å². The highest BCUT2D eigenvalue weighted by atomic mass is 16.2. The Balaban J connectivity index is 1.61. The highest BCUT2D eigenvalue weighted by Crippen LogP contribution is 2.24. The van der Waals surface area contributed by atoms with E-state index in [0.29, 0.717) is 5.69 Å². The molecule has 0 saturated carbocycles. The lowest BCUT2D eigenvalue weighted by Crippen LogP contribution is -2.33. The highest BCUT2D eigenvalue weighted by Gasteiger charge is 2.24. The molecule has 28 heavy (non-hydrogen) atoms. The molecule has 2 aromatic heterocycles. The summed E-state index contributed by atoms with van der Waals surface area (Å²) in [6, 6.07) is 19.3. The van der Waals surface area contributed by atoms with Crippen molar-refractivity contribution < 1.29 is 4.79 Å². The van der Waals surface area contributed by atoms with E-state index < -0.39 is 0 Å². The number of nitrogens with zero attached hydrogens (tertiary/aromatic N) is 3. The van der Waals surface area contributed by atoms with Crippen molar-refractivity contribution in [3.63, 3.8) is 0 Å². The summed E-state index contributed by atoms with van der Waals surface area (Å²) in [7, 11) is 1.78. The van der Waals surface area contributed by atoms with Crippen LogP contribution in [0.15, 0.2) is 60.7 Å². The second-order valence-corrected chi connectivity index (χ2v) is 7.24. The fraction of sp³-hybridized carbons (Fsp3) is 0.227. The van der Waals surface area contributed by atoms with Gasteiger partial charge < -0.3 is 10.3 Å². The third-order valence-electron chi connectivity index (χ3n) is 4.84. The molecule has 0 fully saturated rings. The maximum Gasteiger partial charge on any atom is 0.270 e. The molecule has 0 saturated heterocycles. The van der Waals surface area contributed by atoms with Crippen LogP contribution in [0.3, 0.4) is 0 Å². The summed E-state index contributed by atoms with van der Waals surface area (Å²) in [6.45, 7) is 4.13. The van der Waals surface area contributed by atoms with Crippen molar-refractivity contribution in [1.82, 2.24) is 25.1 Å². The van der Waals surface area contributed by atoms with E-state index in [-0.39, 0.29) is 17.9 Å². The van der Waals surface area contributed by atoms with Crippen molar-refractivity contribution in [2.45, 2.75) is 19.9 Å². The molecular weight excluding hydrogens is 350 g/mol. The number of benzene rings is 2. The van der Waals surface area contributed by atoms with Crippen LogP contribution in [0.1, 0.15) is 36.2 Å². The molecule has 6 heteroatoms. The third-order valence-corrected chi connectivity index (χ3v) is 4.84. The average molecular weight is 373 g/mol. The van der Waals surface area contributed by atoms with Gasteiger partial charge in [0.1, 0.15) is 11.5 Å². The third kappa shape index (κ3) is 3.41. The zero-order valence-corrected chi connectivity index (χ0v) is 16.2. The zero-order valence-electron chi connectivity index (χ0n) is 16.2. The summed E-state index contributed by atoms with van der Waals surface area (Å²) >= 11 is 0. The Morgan fingerprint density at radius 2 is 1.79 bits per heavy atom. The highest BCUT2D eigenvalue weighted by molar-refractivity contribution is 5.94. The Morgan fingerprint density at radius 1 is 1.07 bits per heavy atom. The van der Waals surface area contributed by atoms with Gasteiger partial charge in [-0.05, 0) is 24.1 Å². The molecule has 2 aromatic carbocycles. The monoisotopic (exact) mass is 373 g/mol. The van der Waals surface area contributed by atoms with Crippen molar-refractivity contribution in [1.29, 1.82) is 0 Å². The predicted molar refractivity (Wildman–Crippen MR) is 110 cm³/mol. The van der Waals surface area contributed by atoms with Crippen LogP contribution >= 0.6 is 0 Å². The molecule has 1 amide bonds. The molecule has 0 spiro atoms. The Bertz CT molecular complexity index is 1080. The van der Waals surface area contributed by atoms with Gasteiger partial charge in [0.05, 0.1) is 22.8 Å². The lowest BCUT2D eigenvalue weighted by atomic mass is 10.0. The van der Waals surface area contributed by atoms with Crippen molar-refractivity contribution >= 4 is 16.9 Å². The second-order valence-electron chi connectivity index (χ2n) is 7.24. The van der Waals surface area contributed by atoms with E-state index in [1.165, 1.54) is 0 Å². The molecule has 6 nitrogen and oxygen atoms in total. The van der Waals surface area contributed by atoms with E-state index in [1.807, 2.05) is 60.7 Å². The van der Waals surface area contributed by atoms with Crippen LogP contribution in [-0.2, 0) is 7.05 Å². The summed E-state index contributed by atoms with van der Waals surface area (Å²) in [5, 5.41) is 7.62. The number of fused-ring (bicyclic) bond motifs is 1. The van der Waals surface area contributed by atoms with Crippen molar-refractivity contribution in [2.24, 2.45) is 13.0 Å². The zero-order chi connectivity index (χ0) is 19.7. The van der Waals surface area contributed by atoms with Crippen LogP contribution in [-0.4, -0.2) is 25.7 Å². The number of aromatic nitrogens is 4. The summed E-state index contributed by atoms with van der Waals surface area (Å²) in [5.74, 6) is 0.762. The number of carbonyl (C=O) groups excluding carboxylic acids is 1. The molecule has 0 radical (unpaired) electrons. The molecule has 2 heterocycles. The Morgan fingerprint density at radius 3 is 2.50 bits per heavy atom.